The van der Waals surface area contributed by atoms with E-state index in [1.54, 1.807) is 18.7 Å². The van der Waals surface area contributed by atoms with Crippen molar-refractivity contribution in [3.05, 3.63) is 36.0 Å². The molecule has 0 amide bonds. The van der Waals surface area contributed by atoms with Crippen molar-refractivity contribution >= 4 is 0 Å². The van der Waals surface area contributed by atoms with E-state index in [1.165, 1.54) is 0 Å². The van der Waals surface area contributed by atoms with Gasteiger partial charge in [0, 0.05) is 18.7 Å². The van der Waals surface area contributed by atoms with Crippen LogP contribution in [0.15, 0.2) is 29.2 Å². The number of furan rings is 1. The summed E-state index contributed by atoms with van der Waals surface area (Å²) >= 11 is 0. The largest absolute Gasteiger partial charge is 0.472 e. The lowest BCUT2D eigenvalue weighted by atomic mass is 10.2. The second kappa shape index (κ2) is 4.68. The third-order valence-electron chi connectivity index (χ3n) is 2.82. The monoisotopic (exact) mass is 234 g/mol. The van der Waals surface area contributed by atoms with Crippen molar-refractivity contribution in [2.24, 2.45) is 0 Å². The Hall–Kier alpha value is -1.66. The van der Waals surface area contributed by atoms with Crippen LogP contribution in [0, 0.1) is 0 Å². The molecule has 0 saturated carbocycles. The first-order chi connectivity index (χ1) is 8.42. The van der Waals surface area contributed by atoms with E-state index in [-0.39, 0.29) is 6.10 Å². The molecule has 0 aromatic carbocycles. The number of nitrogens with one attached hydrogen (secondary N) is 1. The summed E-state index contributed by atoms with van der Waals surface area (Å²) in [6.45, 7) is 2.93. The minimum atomic E-state index is 0.149. The average molecular weight is 234 g/mol. The topological polar surface area (TPSA) is 65.1 Å². The molecule has 2 aromatic rings. The van der Waals surface area contributed by atoms with Gasteiger partial charge >= 0.3 is 0 Å². The smallest absolute Gasteiger partial charge is 0.0947 e. The maximum absolute atomic E-state index is 5.70. The SMILES string of the molecule is c1cc(CNC[C@@H]2Cn3nncc3CO2)co1. The fourth-order valence-corrected chi connectivity index (χ4v) is 1.89. The minimum Gasteiger partial charge on any atom is -0.472 e. The Morgan fingerprint density at radius 2 is 2.53 bits per heavy atom. The van der Waals surface area contributed by atoms with Crippen LogP contribution in [0.5, 0.6) is 0 Å². The van der Waals surface area contributed by atoms with Crippen LogP contribution >= 0.6 is 0 Å². The van der Waals surface area contributed by atoms with Gasteiger partial charge in [-0.15, -0.1) is 5.10 Å². The highest BCUT2D eigenvalue weighted by atomic mass is 16.5. The van der Waals surface area contributed by atoms with Crippen molar-refractivity contribution in [3.8, 4) is 0 Å². The van der Waals surface area contributed by atoms with Crippen molar-refractivity contribution in [2.75, 3.05) is 6.54 Å². The van der Waals surface area contributed by atoms with Gasteiger partial charge in [0.25, 0.3) is 0 Å². The maximum Gasteiger partial charge on any atom is 0.0947 e. The third kappa shape index (κ3) is 2.37. The van der Waals surface area contributed by atoms with Gasteiger partial charge in [-0.1, -0.05) is 5.21 Å². The number of nitrogens with zero attached hydrogens (tertiary/aromatic N) is 3. The van der Waals surface area contributed by atoms with Crippen molar-refractivity contribution in [3.63, 3.8) is 0 Å². The number of ether oxygens (including phenoxy) is 1. The summed E-state index contributed by atoms with van der Waals surface area (Å²) in [6, 6.07) is 1.95. The van der Waals surface area contributed by atoms with Crippen LogP contribution in [-0.4, -0.2) is 27.6 Å². The molecule has 0 spiro atoms. The highest BCUT2D eigenvalue weighted by molar-refractivity contribution is 5.04. The van der Waals surface area contributed by atoms with Crippen LogP contribution in [0.1, 0.15) is 11.3 Å². The maximum atomic E-state index is 5.70. The molecule has 2 aromatic heterocycles. The lowest BCUT2D eigenvalue weighted by Crippen LogP contribution is -2.36. The standard InChI is InChI=1S/C11H14N4O2/c1-2-16-7-9(1)3-12-5-11-6-15-10(8-17-11)4-13-14-15/h1-2,4,7,11-12H,3,5-6,8H2/t11-/m1/s1. The molecule has 0 unspecified atom stereocenters. The van der Waals surface area contributed by atoms with Crippen LogP contribution in [0.3, 0.4) is 0 Å². The van der Waals surface area contributed by atoms with Gasteiger partial charge in [0.15, 0.2) is 0 Å². The Balaban J connectivity index is 1.48. The number of hydrogen-bond donors (Lipinski definition) is 1. The molecular weight excluding hydrogens is 220 g/mol. The molecule has 1 atom stereocenters. The van der Waals surface area contributed by atoms with Crippen LogP contribution in [-0.2, 0) is 24.4 Å². The van der Waals surface area contributed by atoms with Gasteiger partial charge < -0.3 is 14.5 Å². The van der Waals surface area contributed by atoms with Crippen LogP contribution in [0.25, 0.3) is 0 Å². The van der Waals surface area contributed by atoms with Crippen molar-refractivity contribution < 1.29 is 9.15 Å². The predicted octanol–water partition coefficient (Wildman–Crippen LogP) is 0.560. The van der Waals surface area contributed by atoms with E-state index in [4.69, 9.17) is 9.15 Å². The first kappa shape index (κ1) is 10.5. The molecule has 0 aliphatic carbocycles. The van der Waals surface area contributed by atoms with E-state index < -0.39 is 0 Å². The summed E-state index contributed by atoms with van der Waals surface area (Å²) in [6.07, 6.45) is 5.31. The molecule has 3 heterocycles. The van der Waals surface area contributed by atoms with Gasteiger partial charge in [-0.2, -0.15) is 0 Å². The van der Waals surface area contributed by atoms with Crippen LogP contribution in [0.4, 0.5) is 0 Å². The second-order valence-corrected chi connectivity index (χ2v) is 4.10. The zero-order valence-corrected chi connectivity index (χ0v) is 9.37. The lowest BCUT2D eigenvalue weighted by Gasteiger charge is -2.23. The number of hydrogen-bond acceptors (Lipinski definition) is 5. The highest BCUT2D eigenvalue weighted by Crippen LogP contribution is 2.10. The summed E-state index contributed by atoms with van der Waals surface area (Å²) < 4.78 is 12.6. The Morgan fingerprint density at radius 1 is 1.53 bits per heavy atom. The summed E-state index contributed by atoms with van der Waals surface area (Å²) in [5.41, 5.74) is 2.18. The Morgan fingerprint density at radius 3 is 3.41 bits per heavy atom. The first-order valence-electron chi connectivity index (χ1n) is 5.62. The number of aromatic nitrogens is 3. The number of rotatable bonds is 4. The molecule has 6 nitrogen and oxygen atoms in total. The fraction of sp³-hybridized carbons (Fsp3) is 0.455. The van der Waals surface area contributed by atoms with Gasteiger partial charge in [0.1, 0.15) is 0 Å². The fourth-order valence-electron chi connectivity index (χ4n) is 1.89. The van der Waals surface area contributed by atoms with Crippen molar-refractivity contribution in [1.29, 1.82) is 0 Å². The quantitative estimate of drug-likeness (QED) is 0.837. The second-order valence-electron chi connectivity index (χ2n) is 4.10. The Labute approximate surface area is 98.6 Å². The van der Waals surface area contributed by atoms with Crippen molar-refractivity contribution in [2.45, 2.75) is 25.8 Å². The molecule has 17 heavy (non-hydrogen) atoms. The summed E-state index contributed by atoms with van der Waals surface area (Å²) in [7, 11) is 0. The third-order valence-corrected chi connectivity index (χ3v) is 2.82. The van der Waals surface area contributed by atoms with Crippen LogP contribution < -0.4 is 5.32 Å². The molecule has 90 valence electrons. The first-order valence-corrected chi connectivity index (χ1v) is 5.62. The summed E-state index contributed by atoms with van der Waals surface area (Å²) in [5.74, 6) is 0. The zero-order valence-electron chi connectivity index (χ0n) is 9.37. The number of fused-ring (bicyclic) bond motifs is 1. The molecule has 0 saturated heterocycles. The average Bonchev–Trinajstić information content (AvgIpc) is 2.98. The molecule has 1 aliphatic rings. The van der Waals surface area contributed by atoms with Gasteiger partial charge in [-0.3, -0.25) is 0 Å². The lowest BCUT2D eigenvalue weighted by molar-refractivity contribution is 0.000975. The Bertz CT molecular complexity index is 466. The van der Waals surface area contributed by atoms with E-state index >= 15 is 0 Å². The highest BCUT2D eigenvalue weighted by Gasteiger charge is 2.19. The van der Waals surface area contributed by atoms with E-state index in [1.807, 2.05) is 10.7 Å². The molecule has 6 heteroatoms. The minimum absolute atomic E-state index is 0.149. The molecule has 0 radical (unpaired) electrons. The van der Waals surface area contributed by atoms with E-state index in [2.05, 4.69) is 15.6 Å². The van der Waals surface area contributed by atoms with Crippen LogP contribution in [0.2, 0.25) is 0 Å². The van der Waals surface area contributed by atoms with E-state index in [0.29, 0.717) is 6.61 Å². The van der Waals surface area contributed by atoms with Crippen molar-refractivity contribution in [1.82, 2.24) is 20.3 Å². The van der Waals surface area contributed by atoms with Gasteiger partial charge in [0.05, 0.1) is 43.7 Å². The molecule has 1 N–H and O–H groups in total. The summed E-state index contributed by atoms with van der Waals surface area (Å²) in [5, 5.41) is 11.2. The van der Waals surface area contributed by atoms with E-state index in [0.717, 1.165) is 30.9 Å². The summed E-state index contributed by atoms with van der Waals surface area (Å²) in [4.78, 5) is 0. The normalized spacial score (nSPS) is 19.2. The molecule has 1 aliphatic heterocycles. The molecule has 3 rings (SSSR count). The molecular formula is C11H14N4O2. The molecule has 0 bridgehead atoms. The Kier molecular flexibility index (Phi) is 2.89. The van der Waals surface area contributed by atoms with E-state index in [9.17, 15) is 0 Å². The van der Waals surface area contributed by atoms with Gasteiger partial charge in [0.2, 0.25) is 0 Å². The zero-order chi connectivity index (χ0) is 11.5. The molecule has 0 fully saturated rings. The van der Waals surface area contributed by atoms with Gasteiger partial charge in [-0.05, 0) is 6.07 Å². The van der Waals surface area contributed by atoms with Gasteiger partial charge in [-0.25, -0.2) is 4.68 Å². The predicted molar refractivity (Wildman–Crippen MR) is 59.0 cm³/mol.